The van der Waals surface area contributed by atoms with Crippen LogP contribution in [-0.4, -0.2) is 19.3 Å². The Hall–Kier alpha value is -7.92. The molecule has 1 aliphatic carbocycles. The summed E-state index contributed by atoms with van der Waals surface area (Å²) in [5.41, 5.74) is 13.4. The molecule has 1 unspecified atom stereocenters. The first-order valence-corrected chi connectivity index (χ1v) is 27.5. The molecule has 12 rings (SSSR count). The molecule has 67 heavy (non-hydrogen) atoms. The monoisotopic (exact) mass is 918 g/mol. The van der Waals surface area contributed by atoms with Crippen molar-refractivity contribution in [2.24, 2.45) is 0 Å². The van der Waals surface area contributed by atoms with Gasteiger partial charge >= 0.3 is 251 Å². The van der Waals surface area contributed by atoms with E-state index in [-0.39, 0.29) is 6.04 Å². The molecule has 0 N–H and O–H groups in total. The van der Waals surface area contributed by atoms with Crippen LogP contribution < -0.4 is 27.4 Å². The van der Waals surface area contributed by atoms with Crippen molar-refractivity contribution in [3.05, 3.63) is 284 Å². The Kier molecular flexibility index (Phi) is 10.6. The Morgan fingerprint density at radius 3 is 1.46 bits per heavy atom. The van der Waals surface area contributed by atoms with Crippen LogP contribution in [0.4, 0.5) is 22.7 Å². The van der Waals surface area contributed by atoms with E-state index >= 15 is 0 Å². The van der Waals surface area contributed by atoms with Gasteiger partial charge in [-0.15, -0.1) is 0 Å². The molecule has 1 heterocycles. The Labute approximate surface area is 396 Å². The summed E-state index contributed by atoms with van der Waals surface area (Å²) < 4.78 is 5.69. The SMILES string of the molecule is C1=C2c3ccccc3N(c3ccc(-c4ccccc4)cc3)C2CC=C1N(c1ccc(-c2cc[c]([Ge]([c]3ccccc3)([c]3ccccc3)[c]3ccccc3)cc2)cc1)c1ccc2ccccc2c1. The number of nitrogens with zero attached hydrogens (tertiary/aromatic N) is 2. The van der Waals surface area contributed by atoms with Crippen LogP contribution in [0.25, 0.3) is 38.6 Å². The molecule has 2 nitrogen and oxygen atoms in total. The van der Waals surface area contributed by atoms with Crippen LogP contribution in [-0.2, 0) is 0 Å². The summed E-state index contributed by atoms with van der Waals surface area (Å²) in [6.45, 7) is 0. The van der Waals surface area contributed by atoms with Crippen LogP contribution in [0, 0.1) is 0 Å². The molecule has 1 atom stereocenters. The van der Waals surface area contributed by atoms with E-state index in [2.05, 4.69) is 283 Å². The number of anilines is 4. The predicted octanol–water partition coefficient (Wildman–Crippen LogP) is 13.6. The van der Waals surface area contributed by atoms with Crippen molar-refractivity contribution in [1.29, 1.82) is 0 Å². The third-order valence-corrected chi connectivity index (χ3v) is 24.0. The van der Waals surface area contributed by atoms with Gasteiger partial charge in [0.15, 0.2) is 0 Å². The Morgan fingerprint density at radius 2 is 0.851 bits per heavy atom. The standard InChI is InChI=1S/C64H48GeN2/c1-5-17-47(18-6-1)50-33-40-58(41-34-50)67-63-28-16-15-27-61(63)62-46-60(43-44-64(62)67)66(59-42-35-48-19-13-14-20-52(48)45-59)57-38-31-51(32-39-57)49-29-36-56(37-30-49)65(53-21-7-2-8-22-53,54-23-9-3-10-24-54)55-25-11-4-12-26-55/h1-43,45-46,64H,44H2. The van der Waals surface area contributed by atoms with Gasteiger partial charge in [0.1, 0.15) is 0 Å². The molecule has 0 fully saturated rings. The van der Waals surface area contributed by atoms with Crippen molar-refractivity contribution in [2.75, 3.05) is 9.80 Å². The molecular weight excluding hydrogens is 869 g/mol. The summed E-state index contributed by atoms with van der Waals surface area (Å²) in [4.78, 5) is 4.99. The van der Waals surface area contributed by atoms with E-state index < -0.39 is 13.3 Å². The third-order valence-electron chi connectivity index (χ3n) is 13.9. The summed E-state index contributed by atoms with van der Waals surface area (Å²) in [5.74, 6) is 0. The number of hydrogen-bond donors (Lipinski definition) is 0. The molecular formula is C64H48GeN2. The first-order valence-electron chi connectivity index (χ1n) is 23.3. The second-order valence-electron chi connectivity index (χ2n) is 17.6. The van der Waals surface area contributed by atoms with E-state index in [1.165, 1.54) is 78.8 Å². The number of benzene rings is 10. The summed E-state index contributed by atoms with van der Waals surface area (Å²) >= 11 is -3.36. The number of allylic oxidation sites excluding steroid dienone is 1. The van der Waals surface area contributed by atoms with E-state index in [0.717, 1.165) is 17.8 Å². The summed E-state index contributed by atoms with van der Waals surface area (Å²) in [6, 6.07) is 96.7. The fourth-order valence-corrected chi connectivity index (χ4v) is 20.7. The molecule has 0 radical (unpaired) electrons. The normalized spacial score (nSPS) is 14.2. The van der Waals surface area contributed by atoms with Gasteiger partial charge in [-0.1, -0.05) is 84.9 Å². The van der Waals surface area contributed by atoms with E-state index in [9.17, 15) is 0 Å². The molecule has 0 bridgehead atoms. The number of rotatable bonds is 10. The molecule has 2 aliphatic rings. The van der Waals surface area contributed by atoms with Gasteiger partial charge in [0.2, 0.25) is 0 Å². The zero-order chi connectivity index (χ0) is 44.6. The van der Waals surface area contributed by atoms with E-state index in [4.69, 9.17) is 0 Å². The maximum absolute atomic E-state index is 3.36. The molecule has 0 spiro atoms. The van der Waals surface area contributed by atoms with Crippen LogP contribution in [0.15, 0.2) is 279 Å². The minimum absolute atomic E-state index is 0.195. The molecule has 0 saturated heterocycles. The van der Waals surface area contributed by atoms with Gasteiger partial charge < -0.3 is 4.90 Å². The van der Waals surface area contributed by atoms with Gasteiger partial charge in [0.05, 0.1) is 6.04 Å². The molecule has 0 aromatic heterocycles. The number of hydrogen-bond acceptors (Lipinski definition) is 2. The van der Waals surface area contributed by atoms with Gasteiger partial charge in [-0.3, -0.25) is 0 Å². The fourth-order valence-electron chi connectivity index (χ4n) is 10.7. The summed E-state index contributed by atoms with van der Waals surface area (Å²) in [7, 11) is 0. The average molecular weight is 918 g/mol. The van der Waals surface area contributed by atoms with E-state index in [1.807, 2.05) is 0 Å². The Balaban J connectivity index is 0.908. The van der Waals surface area contributed by atoms with Crippen molar-refractivity contribution in [1.82, 2.24) is 0 Å². The van der Waals surface area contributed by atoms with Crippen molar-refractivity contribution in [2.45, 2.75) is 12.5 Å². The molecule has 0 amide bonds. The maximum atomic E-state index is 2.54. The Morgan fingerprint density at radius 1 is 0.388 bits per heavy atom. The van der Waals surface area contributed by atoms with Gasteiger partial charge in [-0.25, -0.2) is 0 Å². The minimum atomic E-state index is -3.36. The van der Waals surface area contributed by atoms with Crippen LogP contribution in [0.2, 0.25) is 0 Å². The predicted molar refractivity (Wildman–Crippen MR) is 287 cm³/mol. The van der Waals surface area contributed by atoms with Crippen molar-refractivity contribution in [3.8, 4) is 22.3 Å². The Bertz CT molecular complexity index is 3300. The van der Waals surface area contributed by atoms with Gasteiger partial charge in [0.25, 0.3) is 0 Å². The fraction of sp³-hybridized carbons (Fsp3) is 0.0312. The zero-order valence-electron chi connectivity index (χ0n) is 37.2. The molecule has 318 valence electrons. The third kappa shape index (κ3) is 7.31. The van der Waals surface area contributed by atoms with Gasteiger partial charge in [-0.05, 0) is 34.7 Å². The quantitative estimate of drug-likeness (QED) is 0.126. The van der Waals surface area contributed by atoms with Crippen LogP contribution in [0.1, 0.15) is 12.0 Å². The topological polar surface area (TPSA) is 6.48 Å². The number of para-hydroxylation sites is 1. The van der Waals surface area contributed by atoms with E-state index in [1.54, 1.807) is 0 Å². The molecule has 1 aliphatic heterocycles. The van der Waals surface area contributed by atoms with Crippen LogP contribution >= 0.6 is 0 Å². The number of fused-ring (bicyclic) bond motifs is 4. The van der Waals surface area contributed by atoms with Crippen molar-refractivity contribution in [3.63, 3.8) is 0 Å². The molecule has 10 aromatic carbocycles. The zero-order valence-corrected chi connectivity index (χ0v) is 39.3. The molecule has 3 heteroatoms. The van der Waals surface area contributed by atoms with Gasteiger partial charge in [0, 0.05) is 16.9 Å². The average Bonchev–Trinajstić information content (AvgIpc) is 3.74. The molecule has 0 saturated carbocycles. The molecule has 10 aromatic rings. The van der Waals surface area contributed by atoms with Crippen LogP contribution in [0.5, 0.6) is 0 Å². The van der Waals surface area contributed by atoms with Crippen LogP contribution in [0.3, 0.4) is 0 Å². The van der Waals surface area contributed by atoms with Gasteiger partial charge in [-0.2, -0.15) is 0 Å². The van der Waals surface area contributed by atoms with E-state index in [0.29, 0.717) is 0 Å². The first kappa shape index (κ1) is 40.6. The first-order chi connectivity index (χ1) is 33.2. The van der Waals surface area contributed by atoms with Crippen molar-refractivity contribution >= 4 is 69.9 Å². The second kappa shape index (κ2) is 17.5. The van der Waals surface area contributed by atoms with Crippen molar-refractivity contribution < 1.29 is 0 Å². The second-order valence-corrected chi connectivity index (χ2v) is 25.6. The summed E-state index contributed by atoms with van der Waals surface area (Å²) in [6.07, 6.45) is 5.76. The summed E-state index contributed by atoms with van der Waals surface area (Å²) in [5, 5.41) is 2.46.